The van der Waals surface area contributed by atoms with Crippen LogP contribution in [-0.4, -0.2) is 57.4 Å². The Hall–Kier alpha value is -2.80. The monoisotopic (exact) mass is 436 g/mol. The molecule has 1 fully saturated rings. The summed E-state index contributed by atoms with van der Waals surface area (Å²) >= 11 is 0. The normalized spacial score (nSPS) is 14.8. The van der Waals surface area contributed by atoms with Crippen LogP contribution in [0.5, 0.6) is 0 Å². The van der Waals surface area contributed by atoms with Crippen LogP contribution in [0.4, 0.5) is 10.2 Å². The Morgan fingerprint density at radius 3 is 2.28 bits per heavy atom. The first-order valence-corrected chi connectivity index (χ1v) is 11.8. The molecule has 0 saturated carbocycles. The van der Waals surface area contributed by atoms with Gasteiger partial charge in [-0.2, -0.15) is 5.10 Å². The highest BCUT2D eigenvalue weighted by molar-refractivity contribution is 5.72. The Balaban J connectivity index is 1.41. The summed E-state index contributed by atoms with van der Waals surface area (Å²) in [7, 11) is 0. The fourth-order valence-corrected chi connectivity index (χ4v) is 4.65. The number of hydrogen-bond acceptors (Lipinski definition) is 5. The largest absolute Gasteiger partial charge is 0.352 e. The van der Waals surface area contributed by atoms with Crippen molar-refractivity contribution in [3.63, 3.8) is 0 Å². The van der Waals surface area contributed by atoms with E-state index in [0.717, 1.165) is 75.6 Å². The minimum Gasteiger partial charge on any atom is -0.352 e. The molecule has 0 radical (unpaired) electrons. The molecule has 0 bridgehead atoms. The molecular formula is C25H33FN6. The highest BCUT2D eigenvalue weighted by Gasteiger charge is 2.22. The molecule has 0 N–H and O–H groups in total. The van der Waals surface area contributed by atoms with Crippen molar-refractivity contribution >= 4 is 5.82 Å². The SMILES string of the molecule is CCc1nn(CC)c(CC)c1CCN1CCN(c2nccnc2-c2ccc(F)cc2)CC1. The van der Waals surface area contributed by atoms with Gasteiger partial charge in [0.1, 0.15) is 11.5 Å². The number of piperazine rings is 1. The smallest absolute Gasteiger partial charge is 0.155 e. The molecule has 6 nitrogen and oxygen atoms in total. The molecule has 4 rings (SSSR count). The zero-order chi connectivity index (χ0) is 22.5. The molecule has 2 aromatic heterocycles. The van der Waals surface area contributed by atoms with Crippen molar-refractivity contribution in [2.45, 2.75) is 46.6 Å². The number of nitrogens with zero attached hydrogens (tertiary/aromatic N) is 6. The van der Waals surface area contributed by atoms with Gasteiger partial charge >= 0.3 is 0 Å². The summed E-state index contributed by atoms with van der Waals surface area (Å²) in [6.45, 7) is 12.4. The molecule has 0 unspecified atom stereocenters. The lowest BCUT2D eigenvalue weighted by Crippen LogP contribution is -2.47. The van der Waals surface area contributed by atoms with Crippen molar-refractivity contribution in [1.29, 1.82) is 0 Å². The van der Waals surface area contributed by atoms with E-state index in [9.17, 15) is 4.39 Å². The summed E-state index contributed by atoms with van der Waals surface area (Å²) in [4.78, 5) is 14.0. The number of anilines is 1. The van der Waals surface area contributed by atoms with E-state index >= 15 is 0 Å². The highest BCUT2D eigenvalue weighted by Crippen LogP contribution is 2.27. The van der Waals surface area contributed by atoms with Gasteiger partial charge in [0.05, 0.1) is 5.69 Å². The van der Waals surface area contributed by atoms with Gasteiger partial charge in [0.15, 0.2) is 5.82 Å². The number of aryl methyl sites for hydroxylation is 2. The molecule has 1 aliphatic rings. The van der Waals surface area contributed by atoms with Crippen molar-refractivity contribution in [3.05, 3.63) is 59.4 Å². The van der Waals surface area contributed by atoms with E-state index in [4.69, 9.17) is 5.10 Å². The van der Waals surface area contributed by atoms with Gasteiger partial charge in [0.2, 0.25) is 0 Å². The Labute approximate surface area is 190 Å². The molecule has 0 aliphatic carbocycles. The van der Waals surface area contributed by atoms with Crippen LogP contribution in [0, 0.1) is 5.82 Å². The summed E-state index contributed by atoms with van der Waals surface area (Å²) in [6, 6.07) is 6.49. The van der Waals surface area contributed by atoms with E-state index in [-0.39, 0.29) is 5.82 Å². The van der Waals surface area contributed by atoms with Gasteiger partial charge in [-0.05, 0) is 56.0 Å². The van der Waals surface area contributed by atoms with Crippen LogP contribution in [0.2, 0.25) is 0 Å². The maximum Gasteiger partial charge on any atom is 0.155 e. The molecule has 170 valence electrons. The first-order chi connectivity index (χ1) is 15.6. The van der Waals surface area contributed by atoms with E-state index in [1.54, 1.807) is 24.5 Å². The molecular weight excluding hydrogens is 403 g/mol. The van der Waals surface area contributed by atoms with E-state index in [1.807, 2.05) is 0 Å². The summed E-state index contributed by atoms with van der Waals surface area (Å²) < 4.78 is 15.5. The average Bonchev–Trinajstić information content (AvgIpc) is 3.20. The molecule has 3 aromatic rings. The molecule has 7 heteroatoms. The van der Waals surface area contributed by atoms with E-state index in [0.29, 0.717) is 0 Å². The van der Waals surface area contributed by atoms with E-state index in [2.05, 4.69) is 45.2 Å². The summed E-state index contributed by atoms with van der Waals surface area (Å²) in [5, 5.41) is 4.83. The number of hydrogen-bond donors (Lipinski definition) is 0. The maximum atomic E-state index is 13.4. The van der Waals surface area contributed by atoms with E-state index in [1.165, 1.54) is 29.1 Å². The fourth-order valence-electron chi connectivity index (χ4n) is 4.65. The number of aromatic nitrogens is 4. The average molecular weight is 437 g/mol. The second kappa shape index (κ2) is 10.2. The lowest BCUT2D eigenvalue weighted by molar-refractivity contribution is 0.260. The van der Waals surface area contributed by atoms with Gasteiger partial charge in [-0.1, -0.05) is 13.8 Å². The molecule has 0 amide bonds. The van der Waals surface area contributed by atoms with Crippen LogP contribution in [-0.2, 0) is 25.8 Å². The second-order valence-electron chi connectivity index (χ2n) is 8.21. The Kier molecular flexibility index (Phi) is 7.15. The van der Waals surface area contributed by atoms with Crippen molar-refractivity contribution in [2.75, 3.05) is 37.6 Å². The molecule has 0 atom stereocenters. The Bertz CT molecular complexity index is 1020. The molecule has 1 aromatic carbocycles. The van der Waals surface area contributed by atoms with Crippen LogP contribution in [0.25, 0.3) is 11.3 Å². The first kappa shape index (κ1) is 22.4. The maximum absolute atomic E-state index is 13.4. The molecule has 1 aliphatic heterocycles. The van der Waals surface area contributed by atoms with Crippen LogP contribution < -0.4 is 4.90 Å². The summed E-state index contributed by atoms with van der Waals surface area (Å²) in [5.41, 5.74) is 5.81. The molecule has 1 saturated heterocycles. The Morgan fingerprint density at radius 1 is 0.906 bits per heavy atom. The van der Waals surface area contributed by atoms with Crippen LogP contribution in [0.3, 0.4) is 0 Å². The number of benzene rings is 1. The zero-order valence-electron chi connectivity index (χ0n) is 19.4. The molecule has 32 heavy (non-hydrogen) atoms. The van der Waals surface area contributed by atoms with Crippen LogP contribution in [0.15, 0.2) is 36.7 Å². The quantitative estimate of drug-likeness (QED) is 0.534. The van der Waals surface area contributed by atoms with Gasteiger partial charge in [0.25, 0.3) is 0 Å². The summed E-state index contributed by atoms with van der Waals surface area (Å²) in [5.74, 6) is 0.638. The predicted molar refractivity (Wildman–Crippen MR) is 126 cm³/mol. The number of rotatable bonds is 8. The van der Waals surface area contributed by atoms with Crippen molar-refractivity contribution in [3.8, 4) is 11.3 Å². The zero-order valence-corrected chi connectivity index (χ0v) is 19.4. The third-order valence-corrected chi connectivity index (χ3v) is 6.37. The second-order valence-corrected chi connectivity index (χ2v) is 8.21. The standard InChI is InChI=1S/C25H33FN6/c1-4-22-21(23(5-2)32(6-3)29-22)11-14-30-15-17-31(18-16-30)25-24(27-12-13-28-25)19-7-9-20(26)10-8-19/h7-10,12-13H,4-6,11,14-18H2,1-3H3. The van der Waals surface area contributed by atoms with Gasteiger partial charge in [-0.3, -0.25) is 14.6 Å². The van der Waals surface area contributed by atoms with E-state index < -0.39 is 0 Å². The van der Waals surface area contributed by atoms with Crippen LogP contribution in [0.1, 0.15) is 37.7 Å². The van der Waals surface area contributed by atoms with Gasteiger partial charge in [-0.15, -0.1) is 0 Å². The number of halogens is 1. The van der Waals surface area contributed by atoms with Gasteiger partial charge in [-0.25, -0.2) is 9.37 Å². The minimum absolute atomic E-state index is 0.241. The van der Waals surface area contributed by atoms with Gasteiger partial charge < -0.3 is 4.90 Å². The Morgan fingerprint density at radius 2 is 1.62 bits per heavy atom. The van der Waals surface area contributed by atoms with Gasteiger partial charge in [0, 0.05) is 62.9 Å². The molecule has 3 heterocycles. The fraction of sp³-hybridized carbons (Fsp3) is 0.480. The van der Waals surface area contributed by atoms with Crippen molar-refractivity contribution < 1.29 is 4.39 Å². The highest BCUT2D eigenvalue weighted by atomic mass is 19.1. The first-order valence-electron chi connectivity index (χ1n) is 11.8. The van der Waals surface area contributed by atoms with Crippen molar-refractivity contribution in [2.24, 2.45) is 0 Å². The lowest BCUT2D eigenvalue weighted by atomic mass is 10.1. The minimum atomic E-state index is -0.241. The van der Waals surface area contributed by atoms with Crippen LogP contribution >= 0.6 is 0 Å². The topological polar surface area (TPSA) is 50.1 Å². The summed E-state index contributed by atoms with van der Waals surface area (Å²) in [6.07, 6.45) is 6.51. The predicted octanol–water partition coefficient (Wildman–Crippen LogP) is 3.99. The molecule has 0 spiro atoms. The third kappa shape index (κ3) is 4.67. The lowest BCUT2D eigenvalue weighted by Gasteiger charge is -2.36. The third-order valence-electron chi connectivity index (χ3n) is 6.37. The van der Waals surface area contributed by atoms with Crippen molar-refractivity contribution in [1.82, 2.24) is 24.6 Å².